The molecule has 1 saturated heterocycles. The van der Waals surface area contributed by atoms with Crippen molar-refractivity contribution in [2.45, 2.75) is 6.42 Å². The van der Waals surface area contributed by atoms with Gasteiger partial charge in [-0.3, -0.25) is 9.59 Å². The molecule has 24 heavy (non-hydrogen) atoms. The first-order chi connectivity index (χ1) is 11.6. The van der Waals surface area contributed by atoms with Gasteiger partial charge < -0.3 is 14.3 Å². The van der Waals surface area contributed by atoms with Gasteiger partial charge in [-0.15, -0.1) is 0 Å². The van der Waals surface area contributed by atoms with Gasteiger partial charge >= 0.3 is 0 Å². The number of Topliss-reactive ketones (excluding diaryl/α,β-unsaturated/α-hetero) is 1. The highest BCUT2D eigenvalue weighted by atomic mass is 32.2. The largest absolute Gasteiger partial charge is 0.504 e. The quantitative estimate of drug-likeness (QED) is 0.672. The Hall–Kier alpha value is -2.73. The fourth-order valence-electron chi connectivity index (χ4n) is 2.25. The standard InChI is InChI=1S/C18H14O5S/c1-22-16-5-4-11(7-13(16)19)8-18-15(21)10-12(24-18)9-14(20)17-3-2-6-23-17/h2-9,19H,10H2,1H3/b12-9-,18-8-. The van der Waals surface area contributed by atoms with Crippen LogP contribution >= 0.6 is 11.8 Å². The molecule has 2 aromatic rings. The number of carbonyl (C=O) groups excluding carboxylic acids is 2. The van der Waals surface area contributed by atoms with Crippen molar-refractivity contribution in [2.24, 2.45) is 0 Å². The van der Waals surface area contributed by atoms with E-state index in [0.29, 0.717) is 21.1 Å². The molecule has 1 aliphatic rings. The minimum Gasteiger partial charge on any atom is -0.504 e. The van der Waals surface area contributed by atoms with Gasteiger partial charge in [0, 0.05) is 11.3 Å². The van der Waals surface area contributed by atoms with Crippen LogP contribution < -0.4 is 4.74 Å². The van der Waals surface area contributed by atoms with Crippen LogP contribution in [0.5, 0.6) is 11.5 Å². The summed E-state index contributed by atoms with van der Waals surface area (Å²) < 4.78 is 10.0. The molecule has 6 heteroatoms. The highest BCUT2D eigenvalue weighted by Gasteiger charge is 2.24. The van der Waals surface area contributed by atoms with Crippen molar-refractivity contribution in [3.8, 4) is 11.5 Å². The zero-order valence-corrected chi connectivity index (χ0v) is 13.6. The first-order valence-corrected chi connectivity index (χ1v) is 7.96. The third-order valence-electron chi connectivity index (χ3n) is 3.41. The fourth-order valence-corrected chi connectivity index (χ4v) is 3.29. The Bertz CT molecular complexity index is 846. The average Bonchev–Trinajstić information content (AvgIpc) is 3.18. The van der Waals surface area contributed by atoms with Crippen LogP contribution in [-0.2, 0) is 4.79 Å². The number of furan rings is 1. The molecule has 1 aromatic carbocycles. The maximum absolute atomic E-state index is 12.1. The van der Waals surface area contributed by atoms with Gasteiger partial charge in [0.2, 0.25) is 5.78 Å². The summed E-state index contributed by atoms with van der Waals surface area (Å²) in [5.41, 5.74) is 0.683. The third kappa shape index (κ3) is 3.44. The molecule has 0 radical (unpaired) electrons. The van der Waals surface area contributed by atoms with Crippen LogP contribution in [0, 0.1) is 0 Å². The number of benzene rings is 1. The summed E-state index contributed by atoms with van der Waals surface area (Å²) in [4.78, 5) is 25.3. The van der Waals surface area contributed by atoms with Gasteiger partial charge in [-0.05, 0) is 42.0 Å². The summed E-state index contributed by atoms with van der Waals surface area (Å²) in [5, 5.41) is 9.80. The van der Waals surface area contributed by atoms with Gasteiger partial charge in [-0.2, -0.15) is 0 Å². The van der Waals surface area contributed by atoms with Crippen molar-refractivity contribution >= 4 is 29.4 Å². The molecule has 0 aliphatic carbocycles. The molecule has 0 amide bonds. The summed E-state index contributed by atoms with van der Waals surface area (Å²) in [5.74, 6) is 0.290. The Morgan fingerprint density at radius 1 is 1.38 bits per heavy atom. The summed E-state index contributed by atoms with van der Waals surface area (Å²) in [6.45, 7) is 0. The number of aromatic hydroxyl groups is 1. The Labute approximate surface area is 142 Å². The lowest BCUT2D eigenvalue weighted by Gasteiger charge is -2.03. The van der Waals surface area contributed by atoms with Crippen molar-refractivity contribution in [1.82, 2.24) is 0 Å². The Morgan fingerprint density at radius 3 is 2.88 bits per heavy atom. The second-order valence-electron chi connectivity index (χ2n) is 5.09. The molecule has 1 aromatic heterocycles. The van der Waals surface area contributed by atoms with E-state index in [1.807, 2.05) is 0 Å². The lowest BCUT2D eigenvalue weighted by atomic mass is 10.1. The molecule has 1 aliphatic heterocycles. The highest BCUT2D eigenvalue weighted by molar-refractivity contribution is 8.08. The number of ketones is 2. The van der Waals surface area contributed by atoms with Crippen molar-refractivity contribution in [3.05, 3.63) is 63.8 Å². The van der Waals surface area contributed by atoms with E-state index in [0.717, 1.165) is 0 Å². The topological polar surface area (TPSA) is 76.7 Å². The Morgan fingerprint density at radius 2 is 2.21 bits per heavy atom. The molecule has 122 valence electrons. The lowest BCUT2D eigenvalue weighted by molar-refractivity contribution is -0.113. The van der Waals surface area contributed by atoms with Crippen LogP contribution in [0.25, 0.3) is 6.08 Å². The van der Waals surface area contributed by atoms with E-state index < -0.39 is 0 Å². The zero-order chi connectivity index (χ0) is 17.1. The summed E-state index contributed by atoms with van der Waals surface area (Å²) >= 11 is 1.25. The SMILES string of the molecule is COc1ccc(/C=C2\S/C(=C\C(=O)c3ccco3)CC2=O)cc1O. The number of hydrogen-bond acceptors (Lipinski definition) is 6. The molecule has 2 heterocycles. The second kappa shape index (κ2) is 6.80. The van der Waals surface area contributed by atoms with Crippen LogP contribution in [0.4, 0.5) is 0 Å². The van der Waals surface area contributed by atoms with Gasteiger partial charge in [-0.25, -0.2) is 0 Å². The predicted molar refractivity (Wildman–Crippen MR) is 91.0 cm³/mol. The van der Waals surface area contributed by atoms with Crippen LogP contribution in [0.3, 0.4) is 0 Å². The third-order valence-corrected chi connectivity index (χ3v) is 4.50. The zero-order valence-electron chi connectivity index (χ0n) is 12.8. The van der Waals surface area contributed by atoms with Crippen LogP contribution in [0.1, 0.15) is 22.5 Å². The number of phenols is 1. The molecule has 0 saturated carbocycles. The number of allylic oxidation sites excluding steroid dienone is 3. The van der Waals surface area contributed by atoms with E-state index in [2.05, 4.69) is 0 Å². The van der Waals surface area contributed by atoms with Gasteiger partial charge in [0.15, 0.2) is 23.0 Å². The minimum atomic E-state index is -0.265. The van der Waals surface area contributed by atoms with Gasteiger partial charge in [0.1, 0.15) is 0 Å². The van der Waals surface area contributed by atoms with Gasteiger partial charge in [-0.1, -0.05) is 17.8 Å². The fraction of sp³-hybridized carbons (Fsp3) is 0.111. The van der Waals surface area contributed by atoms with E-state index in [1.54, 1.807) is 30.3 Å². The molecule has 0 unspecified atom stereocenters. The molecule has 0 atom stereocenters. The lowest BCUT2D eigenvalue weighted by Crippen LogP contribution is -1.93. The molecule has 3 rings (SSSR count). The van der Waals surface area contributed by atoms with Crippen molar-refractivity contribution in [1.29, 1.82) is 0 Å². The minimum absolute atomic E-state index is 0.00561. The molecule has 0 spiro atoms. The monoisotopic (exact) mass is 342 g/mol. The van der Waals surface area contributed by atoms with E-state index >= 15 is 0 Å². The number of phenolic OH excluding ortho intramolecular Hbond substituents is 1. The van der Waals surface area contributed by atoms with Crippen LogP contribution in [0.2, 0.25) is 0 Å². The summed E-state index contributed by atoms with van der Waals surface area (Å²) in [6.07, 6.45) is 4.73. The molecule has 1 fully saturated rings. The molecular weight excluding hydrogens is 328 g/mol. The number of ether oxygens (including phenoxy) is 1. The maximum Gasteiger partial charge on any atom is 0.221 e. The molecular formula is C18H14O5S. The number of rotatable bonds is 4. The summed E-state index contributed by atoms with van der Waals surface area (Å²) in [7, 11) is 1.47. The first kappa shape index (κ1) is 16.1. The number of hydrogen-bond donors (Lipinski definition) is 1. The van der Waals surface area contributed by atoms with E-state index in [9.17, 15) is 14.7 Å². The molecule has 0 bridgehead atoms. The maximum atomic E-state index is 12.1. The first-order valence-electron chi connectivity index (χ1n) is 7.15. The smallest absolute Gasteiger partial charge is 0.221 e. The van der Waals surface area contributed by atoms with Gasteiger partial charge in [0.05, 0.1) is 18.3 Å². The average molecular weight is 342 g/mol. The summed E-state index contributed by atoms with van der Waals surface area (Å²) in [6, 6.07) is 8.12. The number of carbonyl (C=O) groups is 2. The number of methoxy groups -OCH3 is 1. The van der Waals surface area contributed by atoms with E-state index in [-0.39, 0.29) is 29.5 Å². The van der Waals surface area contributed by atoms with Gasteiger partial charge in [0.25, 0.3) is 0 Å². The van der Waals surface area contributed by atoms with Crippen LogP contribution in [0.15, 0.2) is 56.9 Å². The Kier molecular flexibility index (Phi) is 4.57. The molecule has 5 nitrogen and oxygen atoms in total. The van der Waals surface area contributed by atoms with Crippen molar-refractivity contribution in [3.63, 3.8) is 0 Å². The normalized spacial score (nSPS) is 17.6. The number of thioether (sulfide) groups is 1. The van der Waals surface area contributed by atoms with E-state index in [4.69, 9.17) is 9.15 Å². The van der Waals surface area contributed by atoms with Crippen molar-refractivity contribution < 1.29 is 23.8 Å². The second-order valence-corrected chi connectivity index (χ2v) is 6.26. The predicted octanol–water partition coefficient (Wildman–Crippen LogP) is 3.81. The van der Waals surface area contributed by atoms with Crippen molar-refractivity contribution in [2.75, 3.05) is 7.11 Å². The molecule has 1 N–H and O–H groups in total. The van der Waals surface area contributed by atoms with Crippen LogP contribution in [-0.4, -0.2) is 23.8 Å². The van der Waals surface area contributed by atoms with E-state index in [1.165, 1.54) is 37.3 Å². The highest BCUT2D eigenvalue weighted by Crippen LogP contribution is 2.39. The Balaban J connectivity index is 1.79.